The van der Waals surface area contributed by atoms with Crippen LogP contribution in [0.15, 0.2) is 12.1 Å². The average Bonchev–Trinajstić information content (AvgIpc) is 2.32. The first kappa shape index (κ1) is 10.8. The molecule has 3 rings (SSSR count). The van der Waals surface area contributed by atoms with Crippen molar-refractivity contribution in [2.24, 2.45) is 0 Å². The van der Waals surface area contributed by atoms with Crippen LogP contribution in [0.3, 0.4) is 0 Å². The summed E-state index contributed by atoms with van der Waals surface area (Å²) in [5.41, 5.74) is 9.59. The summed E-state index contributed by atoms with van der Waals surface area (Å²) in [5, 5.41) is 0.860. The summed E-state index contributed by atoms with van der Waals surface area (Å²) in [4.78, 5) is 4.50. The molecule has 0 unspecified atom stereocenters. The predicted molar refractivity (Wildman–Crippen MR) is 67.8 cm³/mol. The minimum Gasteiger partial charge on any atom is -0.398 e. The molecule has 4 heteroatoms. The summed E-state index contributed by atoms with van der Waals surface area (Å²) in [7, 11) is 0. The summed E-state index contributed by atoms with van der Waals surface area (Å²) in [6.45, 7) is 0. The number of aryl methyl sites for hydroxylation is 1. The fourth-order valence-electron chi connectivity index (χ4n) is 2.46. The van der Waals surface area contributed by atoms with E-state index in [2.05, 4.69) is 4.98 Å². The van der Waals surface area contributed by atoms with Crippen LogP contribution < -0.4 is 5.73 Å². The number of benzene rings is 1. The van der Waals surface area contributed by atoms with Gasteiger partial charge in [0.25, 0.3) is 0 Å². The van der Waals surface area contributed by atoms with Gasteiger partial charge in [0.2, 0.25) is 0 Å². The zero-order chi connectivity index (χ0) is 12.0. The van der Waals surface area contributed by atoms with E-state index in [1.807, 2.05) is 0 Å². The van der Waals surface area contributed by atoms with Crippen molar-refractivity contribution in [1.29, 1.82) is 0 Å². The highest BCUT2D eigenvalue weighted by molar-refractivity contribution is 6.31. The van der Waals surface area contributed by atoms with E-state index < -0.39 is 5.82 Å². The van der Waals surface area contributed by atoms with E-state index in [1.54, 1.807) is 6.07 Å². The Bertz CT molecular complexity index is 610. The van der Waals surface area contributed by atoms with Crippen LogP contribution in [0, 0.1) is 5.82 Å². The Balaban J connectivity index is 2.36. The molecule has 88 valence electrons. The fourth-order valence-corrected chi connectivity index (χ4v) is 2.62. The molecule has 0 radical (unpaired) electrons. The van der Waals surface area contributed by atoms with Crippen molar-refractivity contribution >= 4 is 28.2 Å². The molecule has 2 aromatic rings. The Labute approximate surface area is 104 Å². The lowest BCUT2D eigenvalue weighted by atomic mass is 9.93. The van der Waals surface area contributed by atoms with E-state index in [0.29, 0.717) is 11.2 Å². The number of aromatic nitrogens is 1. The molecule has 1 heterocycles. The zero-order valence-electron chi connectivity index (χ0n) is 9.26. The quantitative estimate of drug-likeness (QED) is 0.777. The SMILES string of the molecule is Nc1c2c(nc3cc(F)c(Cl)cc13)CCCC2. The highest BCUT2D eigenvalue weighted by atomic mass is 35.5. The second kappa shape index (κ2) is 3.84. The van der Waals surface area contributed by atoms with Crippen LogP contribution >= 0.6 is 11.6 Å². The maximum Gasteiger partial charge on any atom is 0.143 e. The molecule has 0 bridgehead atoms. The molecule has 0 fully saturated rings. The Morgan fingerprint density at radius 3 is 2.82 bits per heavy atom. The number of fused-ring (bicyclic) bond motifs is 2. The van der Waals surface area contributed by atoms with Gasteiger partial charge in [-0.2, -0.15) is 0 Å². The predicted octanol–water partition coefficient (Wildman–Crippen LogP) is 3.49. The minimum atomic E-state index is -0.443. The first-order valence-corrected chi connectivity index (χ1v) is 6.10. The van der Waals surface area contributed by atoms with Crippen molar-refractivity contribution < 1.29 is 4.39 Å². The van der Waals surface area contributed by atoms with E-state index in [0.717, 1.165) is 42.3 Å². The third-order valence-corrected chi connectivity index (χ3v) is 3.64. The van der Waals surface area contributed by atoms with Gasteiger partial charge in [-0.1, -0.05) is 11.6 Å². The fraction of sp³-hybridized carbons (Fsp3) is 0.308. The zero-order valence-corrected chi connectivity index (χ0v) is 10.0. The van der Waals surface area contributed by atoms with E-state index in [-0.39, 0.29) is 5.02 Å². The van der Waals surface area contributed by atoms with E-state index >= 15 is 0 Å². The molecule has 0 saturated heterocycles. The molecule has 1 aliphatic carbocycles. The molecule has 1 aromatic carbocycles. The molecule has 0 aliphatic heterocycles. The van der Waals surface area contributed by atoms with Gasteiger partial charge in [0.05, 0.1) is 10.5 Å². The number of nitrogens with two attached hydrogens (primary N) is 1. The maximum absolute atomic E-state index is 13.4. The molecule has 0 saturated carbocycles. The summed E-state index contributed by atoms with van der Waals surface area (Å²) >= 11 is 5.78. The number of halogens is 2. The monoisotopic (exact) mass is 250 g/mol. The Morgan fingerprint density at radius 1 is 1.24 bits per heavy atom. The second-order valence-corrected chi connectivity index (χ2v) is 4.85. The van der Waals surface area contributed by atoms with Gasteiger partial charge in [-0.3, -0.25) is 4.98 Å². The molecule has 1 aromatic heterocycles. The summed E-state index contributed by atoms with van der Waals surface area (Å²) in [6.07, 6.45) is 4.15. The molecule has 17 heavy (non-hydrogen) atoms. The van der Waals surface area contributed by atoms with Gasteiger partial charge in [-0.15, -0.1) is 0 Å². The van der Waals surface area contributed by atoms with Gasteiger partial charge in [-0.25, -0.2) is 4.39 Å². The number of anilines is 1. The molecule has 0 spiro atoms. The third kappa shape index (κ3) is 1.65. The van der Waals surface area contributed by atoms with Crippen LogP contribution in [0.2, 0.25) is 5.02 Å². The lowest BCUT2D eigenvalue weighted by Crippen LogP contribution is -2.09. The van der Waals surface area contributed by atoms with Gasteiger partial charge in [0, 0.05) is 22.8 Å². The van der Waals surface area contributed by atoms with Gasteiger partial charge in [0.15, 0.2) is 0 Å². The molecule has 2 N–H and O–H groups in total. The molecule has 0 amide bonds. The topological polar surface area (TPSA) is 38.9 Å². The van der Waals surface area contributed by atoms with Gasteiger partial charge in [-0.05, 0) is 37.3 Å². The van der Waals surface area contributed by atoms with Crippen molar-refractivity contribution in [2.75, 3.05) is 5.73 Å². The van der Waals surface area contributed by atoms with E-state index in [1.165, 1.54) is 6.07 Å². The standard InChI is InChI=1S/C13H12ClFN2/c14-9-5-8-12(6-10(9)15)17-11-4-2-1-3-7(11)13(8)16/h5-6H,1-4H2,(H2,16,17). The summed E-state index contributed by atoms with van der Waals surface area (Å²) in [6, 6.07) is 2.94. The number of rotatable bonds is 0. The lowest BCUT2D eigenvalue weighted by molar-refractivity contribution is 0.629. The average molecular weight is 251 g/mol. The Kier molecular flexibility index (Phi) is 2.44. The van der Waals surface area contributed by atoms with Crippen molar-refractivity contribution in [1.82, 2.24) is 4.98 Å². The van der Waals surface area contributed by atoms with Crippen LogP contribution in [0.1, 0.15) is 24.1 Å². The Hall–Kier alpha value is -1.35. The third-order valence-electron chi connectivity index (χ3n) is 3.35. The van der Waals surface area contributed by atoms with Crippen LogP contribution in [-0.4, -0.2) is 4.98 Å². The largest absolute Gasteiger partial charge is 0.398 e. The van der Waals surface area contributed by atoms with Crippen LogP contribution in [-0.2, 0) is 12.8 Å². The number of hydrogen-bond donors (Lipinski definition) is 1. The summed E-state index contributed by atoms with van der Waals surface area (Å²) in [5.74, 6) is -0.443. The number of hydrogen-bond acceptors (Lipinski definition) is 2. The van der Waals surface area contributed by atoms with Gasteiger partial charge in [0.1, 0.15) is 5.82 Å². The van der Waals surface area contributed by atoms with Crippen LogP contribution in [0.25, 0.3) is 10.9 Å². The molecular formula is C13H12ClFN2. The normalized spacial score (nSPS) is 14.9. The van der Waals surface area contributed by atoms with E-state index in [9.17, 15) is 4.39 Å². The lowest BCUT2D eigenvalue weighted by Gasteiger charge is -2.18. The molecule has 1 aliphatic rings. The molecular weight excluding hydrogens is 239 g/mol. The molecule has 0 atom stereocenters. The smallest absolute Gasteiger partial charge is 0.143 e. The van der Waals surface area contributed by atoms with Crippen molar-refractivity contribution in [3.8, 4) is 0 Å². The van der Waals surface area contributed by atoms with Crippen molar-refractivity contribution in [3.63, 3.8) is 0 Å². The number of nitrogens with zero attached hydrogens (tertiary/aromatic N) is 1. The highest BCUT2D eigenvalue weighted by Crippen LogP contribution is 2.33. The van der Waals surface area contributed by atoms with E-state index in [4.69, 9.17) is 17.3 Å². The van der Waals surface area contributed by atoms with Crippen molar-refractivity contribution in [2.45, 2.75) is 25.7 Å². The first-order chi connectivity index (χ1) is 8.16. The van der Waals surface area contributed by atoms with Crippen LogP contribution in [0.5, 0.6) is 0 Å². The second-order valence-electron chi connectivity index (χ2n) is 4.44. The number of nitrogen functional groups attached to an aromatic ring is 1. The first-order valence-electron chi connectivity index (χ1n) is 5.73. The Morgan fingerprint density at radius 2 is 2.00 bits per heavy atom. The minimum absolute atomic E-state index is 0.0989. The van der Waals surface area contributed by atoms with Crippen LogP contribution in [0.4, 0.5) is 10.1 Å². The number of pyridine rings is 1. The van der Waals surface area contributed by atoms with Crippen molar-refractivity contribution in [3.05, 3.63) is 34.2 Å². The maximum atomic E-state index is 13.4. The highest BCUT2D eigenvalue weighted by Gasteiger charge is 2.17. The van der Waals surface area contributed by atoms with Gasteiger partial charge >= 0.3 is 0 Å². The molecule has 2 nitrogen and oxygen atoms in total. The van der Waals surface area contributed by atoms with Gasteiger partial charge < -0.3 is 5.73 Å². The summed E-state index contributed by atoms with van der Waals surface area (Å²) < 4.78 is 13.4.